The molecule has 0 aliphatic carbocycles. The van der Waals surface area contributed by atoms with Crippen molar-refractivity contribution in [2.75, 3.05) is 0 Å². The number of hydrogen-bond donors (Lipinski definition) is 2. The van der Waals surface area contributed by atoms with Crippen LogP contribution in [-0.4, -0.2) is 11.8 Å². The van der Waals surface area contributed by atoms with E-state index in [1.807, 2.05) is 55.4 Å². The zero-order chi connectivity index (χ0) is 19.6. The summed E-state index contributed by atoms with van der Waals surface area (Å²) < 4.78 is 0. The van der Waals surface area contributed by atoms with Gasteiger partial charge in [-0.25, -0.2) is 4.99 Å². The van der Waals surface area contributed by atoms with Crippen molar-refractivity contribution in [1.82, 2.24) is 0 Å². The van der Waals surface area contributed by atoms with Crippen molar-refractivity contribution in [3.8, 4) is 0 Å². The highest BCUT2D eigenvalue weighted by molar-refractivity contribution is 5.80. The third-order valence-electron chi connectivity index (χ3n) is 3.21. The van der Waals surface area contributed by atoms with Crippen LogP contribution in [0.3, 0.4) is 0 Å². The number of nitrogens with two attached hydrogens (primary N) is 2. The Labute approximate surface area is 147 Å². The minimum absolute atomic E-state index is 0.417. The number of aliphatic imine (C=N–C) groups is 1. The second-order valence-electron chi connectivity index (χ2n) is 5.31. The van der Waals surface area contributed by atoms with Gasteiger partial charge in [-0.2, -0.15) is 0 Å². The summed E-state index contributed by atoms with van der Waals surface area (Å²) in [5, 5.41) is 0. The van der Waals surface area contributed by atoms with E-state index in [1.165, 1.54) is 6.42 Å². The molecule has 0 heterocycles. The molecule has 0 amide bonds. The van der Waals surface area contributed by atoms with Crippen molar-refractivity contribution in [2.45, 2.75) is 95.0 Å². The van der Waals surface area contributed by atoms with Crippen LogP contribution in [0.2, 0.25) is 0 Å². The summed E-state index contributed by atoms with van der Waals surface area (Å²) in [6, 6.07) is 0.417. The lowest BCUT2D eigenvalue weighted by Gasteiger charge is -2.14. The Balaban J connectivity index is -0.000000133. The van der Waals surface area contributed by atoms with Gasteiger partial charge in [0, 0.05) is 11.8 Å². The van der Waals surface area contributed by atoms with Gasteiger partial charge >= 0.3 is 0 Å². The predicted molar refractivity (Wildman–Crippen MR) is 111 cm³/mol. The number of allylic oxidation sites excluding steroid dienone is 2. The fourth-order valence-electron chi connectivity index (χ4n) is 1.25. The van der Waals surface area contributed by atoms with Gasteiger partial charge in [-0.15, -0.1) is 0 Å². The molecule has 3 nitrogen and oxygen atoms in total. The first kappa shape index (κ1) is 29.9. The van der Waals surface area contributed by atoms with Gasteiger partial charge in [0.05, 0.1) is 0 Å². The summed E-state index contributed by atoms with van der Waals surface area (Å²) in [6.45, 7) is 26.0. The van der Waals surface area contributed by atoms with Crippen molar-refractivity contribution in [1.29, 1.82) is 0 Å². The smallest absolute Gasteiger partial charge is 0.126 e. The standard InChI is InChI=1S/C9H16N2.C7H17N.2C2H6/c1-6(2)8(5)9(10)11-7(3)4;1-4-6(3)7(8)5-2;2*1-2/h1,10H2,2-5H3;6-7H,4-5,8H2,1-3H3;2*1-2H3/b9-8-;;;. The maximum absolute atomic E-state index is 5.73. The molecule has 0 spiro atoms. The van der Waals surface area contributed by atoms with Crippen molar-refractivity contribution >= 4 is 5.71 Å². The molecule has 0 bridgehead atoms. The second-order valence-corrected chi connectivity index (χ2v) is 5.31. The highest BCUT2D eigenvalue weighted by atomic mass is 14.9. The van der Waals surface area contributed by atoms with Crippen LogP contribution in [-0.2, 0) is 0 Å². The van der Waals surface area contributed by atoms with Crippen molar-refractivity contribution < 1.29 is 0 Å². The van der Waals surface area contributed by atoms with Gasteiger partial charge in [0.1, 0.15) is 5.82 Å². The van der Waals surface area contributed by atoms with Gasteiger partial charge in [-0.05, 0) is 45.6 Å². The molecule has 0 aromatic rings. The predicted octanol–water partition coefficient (Wildman–Crippen LogP) is 6.06. The van der Waals surface area contributed by atoms with Crippen LogP contribution < -0.4 is 11.5 Å². The number of rotatable bonds is 5. The van der Waals surface area contributed by atoms with E-state index in [4.69, 9.17) is 11.5 Å². The van der Waals surface area contributed by atoms with Crippen LogP contribution in [0, 0.1) is 5.92 Å². The normalized spacial score (nSPS) is 12.5. The number of nitrogens with zero attached hydrogens (tertiary/aromatic N) is 1. The third-order valence-corrected chi connectivity index (χ3v) is 3.21. The average Bonchev–Trinajstić information content (AvgIpc) is 2.56. The van der Waals surface area contributed by atoms with Gasteiger partial charge in [-0.3, -0.25) is 0 Å². The lowest BCUT2D eigenvalue weighted by atomic mass is 9.98. The fourth-order valence-corrected chi connectivity index (χ4v) is 1.25. The molecular formula is C20H45N3. The molecule has 4 N–H and O–H groups in total. The summed E-state index contributed by atoms with van der Waals surface area (Å²) in [7, 11) is 0. The Kier molecular flexibility index (Phi) is 27.2. The molecule has 2 unspecified atom stereocenters. The Hall–Kier alpha value is -1.09. The summed E-state index contributed by atoms with van der Waals surface area (Å²) in [5.74, 6) is 1.26. The average molecular weight is 328 g/mol. The first-order chi connectivity index (χ1) is 10.7. The maximum Gasteiger partial charge on any atom is 0.126 e. The van der Waals surface area contributed by atoms with Gasteiger partial charge in [0.25, 0.3) is 0 Å². The van der Waals surface area contributed by atoms with Crippen LogP contribution in [0.4, 0.5) is 0 Å². The van der Waals surface area contributed by atoms with E-state index in [9.17, 15) is 0 Å². The Morgan fingerprint density at radius 1 is 0.957 bits per heavy atom. The molecule has 23 heavy (non-hydrogen) atoms. The van der Waals surface area contributed by atoms with E-state index in [-0.39, 0.29) is 0 Å². The second kappa shape index (κ2) is 20.9. The molecule has 0 fully saturated rings. The molecule has 3 heteroatoms. The van der Waals surface area contributed by atoms with E-state index in [0.29, 0.717) is 17.8 Å². The van der Waals surface area contributed by atoms with E-state index in [0.717, 1.165) is 23.3 Å². The lowest BCUT2D eigenvalue weighted by Crippen LogP contribution is -2.26. The van der Waals surface area contributed by atoms with Gasteiger partial charge in [-0.1, -0.05) is 67.0 Å². The van der Waals surface area contributed by atoms with Crippen molar-refractivity contribution in [2.24, 2.45) is 22.4 Å². The lowest BCUT2D eigenvalue weighted by molar-refractivity contribution is 0.432. The van der Waals surface area contributed by atoms with Crippen LogP contribution in [0.25, 0.3) is 0 Å². The Bertz CT molecular complexity index is 316. The highest BCUT2D eigenvalue weighted by Crippen LogP contribution is 2.09. The third kappa shape index (κ3) is 20.9. The van der Waals surface area contributed by atoms with E-state index >= 15 is 0 Å². The zero-order valence-electron chi connectivity index (χ0n) is 17.9. The minimum Gasteiger partial charge on any atom is -0.383 e. The zero-order valence-corrected chi connectivity index (χ0v) is 17.9. The summed E-state index contributed by atoms with van der Waals surface area (Å²) in [6.07, 6.45) is 2.31. The molecule has 0 rings (SSSR count). The molecule has 0 aromatic carbocycles. The van der Waals surface area contributed by atoms with E-state index in [1.54, 1.807) is 0 Å². The SMILES string of the molecule is C=C(C)/C(C)=C(/N)N=C(C)C.CC.CC.CCC(C)C(N)CC. The first-order valence-electron chi connectivity index (χ1n) is 9.06. The summed E-state index contributed by atoms with van der Waals surface area (Å²) in [4.78, 5) is 4.11. The largest absolute Gasteiger partial charge is 0.383 e. The quantitative estimate of drug-likeness (QED) is 0.476. The molecule has 0 aliphatic heterocycles. The molecule has 140 valence electrons. The summed E-state index contributed by atoms with van der Waals surface area (Å²) in [5.41, 5.74) is 14.3. The van der Waals surface area contributed by atoms with Crippen LogP contribution in [0.15, 0.2) is 28.5 Å². The highest BCUT2D eigenvalue weighted by Gasteiger charge is 2.06. The molecule has 0 saturated heterocycles. The molecule has 0 aromatic heterocycles. The molecular weight excluding hydrogens is 282 g/mol. The Morgan fingerprint density at radius 2 is 1.35 bits per heavy atom. The monoisotopic (exact) mass is 327 g/mol. The van der Waals surface area contributed by atoms with Crippen LogP contribution >= 0.6 is 0 Å². The molecule has 0 saturated carbocycles. The van der Waals surface area contributed by atoms with Gasteiger partial charge in [0.15, 0.2) is 0 Å². The van der Waals surface area contributed by atoms with Crippen molar-refractivity contribution in [3.05, 3.63) is 23.5 Å². The first-order valence-corrected chi connectivity index (χ1v) is 9.06. The van der Waals surface area contributed by atoms with E-state index < -0.39 is 0 Å². The molecule has 0 radical (unpaired) electrons. The molecule has 0 aliphatic rings. The minimum atomic E-state index is 0.417. The fraction of sp³-hybridized carbons (Fsp3) is 0.750. The van der Waals surface area contributed by atoms with Gasteiger partial charge in [0.2, 0.25) is 0 Å². The summed E-state index contributed by atoms with van der Waals surface area (Å²) >= 11 is 0. The Morgan fingerprint density at radius 3 is 1.52 bits per heavy atom. The van der Waals surface area contributed by atoms with Crippen molar-refractivity contribution in [3.63, 3.8) is 0 Å². The number of hydrogen-bond acceptors (Lipinski definition) is 3. The van der Waals surface area contributed by atoms with Crippen LogP contribution in [0.5, 0.6) is 0 Å². The van der Waals surface area contributed by atoms with Crippen LogP contribution in [0.1, 0.15) is 89.0 Å². The molecule has 2 atom stereocenters. The topological polar surface area (TPSA) is 64.4 Å². The maximum atomic E-state index is 5.73. The van der Waals surface area contributed by atoms with Gasteiger partial charge < -0.3 is 11.5 Å². The van der Waals surface area contributed by atoms with E-state index in [2.05, 4.69) is 32.3 Å².